The number of benzene rings is 2. The summed E-state index contributed by atoms with van der Waals surface area (Å²) in [5.41, 5.74) is 5.06. The molecule has 1 aromatic heterocycles. The molecule has 3 aromatic rings. The van der Waals surface area contributed by atoms with Crippen molar-refractivity contribution in [1.82, 2.24) is 4.57 Å². The first-order valence-electron chi connectivity index (χ1n) is 9.61. The molecule has 3 rings (SSSR count). The van der Waals surface area contributed by atoms with Gasteiger partial charge in [0, 0.05) is 36.6 Å². The molecule has 1 heterocycles. The third-order valence-corrected chi connectivity index (χ3v) is 4.70. The summed E-state index contributed by atoms with van der Waals surface area (Å²) in [4.78, 5) is 16.9. The Balaban J connectivity index is 2.07. The minimum atomic E-state index is -0.347. The summed E-state index contributed by atoms with van der Waals surface area (Å²) in [6, 6.07) is 16.3. The number of hydrogen-bond donors (Lipinski definition) is 0. The Bertz CT molecular complexity index is 988. The topological polar surface area (TPSA) is 52.8 Å². The Labute approximate surface area is 165 Å². The second-order valence-electron chi connectivity index (χ2n) is 6.61. The van der Waals surface area contributed by atoms with Crippen LogP contribution in [-0.4, -0.2) is 22.9 Å². The lowest BCUT2D eigenvalue weighted by Crippen LogP contribution is -2.09. The van der Waals surface area contributed by atoms with Gasteiger partial charge < -0.3 is 14.1 Å². The van der Waals surface area contributed by atoms with Gasteiger partial charge in [-0.15, -0.1) is 0 Å². The predicted octanol–water partition coefficient (Wildman–Crippen LogP) is 4.84. The summed E-state index contributed by atoms with van der Waals surface area (Å²) >= 11 is 0. The molecular formula is C23H26N2O3. The zero-order chi connectivity index (χ0) is 19.9. The maximum absolute atomic E-state index is 11.7. The fourth-order valence-corrected chi connectivity index (χ4v) is 3.11. The maximum atomic E-state index is 11.7. The lowest BCUT2D eigenvalue weighted by Gasteiger charge is -2.08. The second-order valence-corrected chi connectivity index (χ2v) is 6.61. The average molecular weight is 378 g/mol. The third kappa shape index (κ3) is 4.49. The minimum absolute atomic E-state index is 0.285. The monoisotopic (exact) mass is 378 g/mol. The van der Waals surface area contributed by atoms with Crippen molar-refractivity contribution in [3.63, 3.8) is 0 Å². The number of carbonyl (C=O) groups excluding carboxylic acids is 1. The van der Waals surface area contributed by atoms with Gasteiger partial charge >= 0.3 is 5.97 Å². The first-order chi connectivity index (χ1) is 13.6. The lowest BCUT2D eigenvalue weighted by molar-refractivity contribution is -0.143. The van der Waals surface area contributed by atoms with E-state index in [9.17, 15) is 4.79 Å². The number of ether oxygens (including phenoxy) is 1. The highest BCUT2D eigenvalue weighted by Crippen LogP contribution is 2.24. The number of rotatable bonds is 8. The van der Waals surface area contributed by atoms with Crippen LogP contribution in [0.2, 0.25) is 0 Å². The summed E-state index contributed by atoms with van der Waals surface area (Å²) in [5, 5.41) is 5.32. The van der Waals surface area contributed by atoms with Crippen LogP contribution in [0.25, 0.3) is 10.9 Å². The van der Waals surface area contributed by atoms with Crippen molar-refractivity contribution < 1.29 is 14.4 Å². The van der Waals surface area contributed by atoms with Crippen molar-refractivity contribution in [1.29, 1.82) is 0 Å². The van der Waals surface area contributed by atoms with Crippen LogP contribution in [0.3, 0.4) is 0 Å². The normalized spacial score (nSPS) is 11.8. The first kappa shape index (κ1) is 19.8. The molecule has 5 nitrogen and oxygen atoms in total. The molecule has 0 aliphatic heterocycles. The molecule has 0 amide bonds. The zero-order valence-corrected chi connectivity index (χ0v) is 16.6. The average Bonchev–Trinajstić information content (AvgIpc) is 3.09. The van der Waals surface area contributed by atoms with Crippen molar-refractivity contribution in [2.45, 2.75) is 40.3 Å². The van der Waals surface area contributed by atoms with E-state index in [1.807, 2.05) is 37.4 Å². The largest absolute Gasteiger partial charge is 0.361 e. The van der Waals surface area contributed by atoms with Crippen LogP contribution in [0, 0.1) is 6.92 Å². The van der Waals surface area contributed by atoms with Crippen molar-refractivity contribution in [3.8, 4) is 0 Å². The number of aryl methyl sites for hydroxylation is 1. The first-order valence-corrected chi connectivity index (χ1v) is 9.61. The second kappa shape index (κ2) is 9.33. The van der Waals surface area contributed by atoms with E-state index in [1.165, 1.54) is 5.56 Å². The molecule has 0 fully saturated rings. The summed E-state index contributed by atoms with van der Waals surface area (Å²) < 4.78 is 7.67. The number of hydrogen-bond acceptors (Lipinski definition) is 4. The molecule has 0 saturated carbocycles. The van der Waals surface area contributed by atoms with Crippen LogP contribution in [0.5, 0.6) is 0 Å². The Morgan fingerprint density at radius 2 is 1.82 bits per heavy atom. The summed E-state index contributed by atoms with van der Waals surface area (Å²) in [5.74, 6) is -0.347. The number of oxime groups is 1. The molecule has 2 aromatic carbocycles. The maximum Gasteiger partial charge on any atom is 0.334 e. The zero-order valence-electron chi connectivity index (χ0n) is 16.6. The van der Waals surface area contributed by atoms with E-state index in [1.54, 1.807) is 6.92 Å². The van der Waals surface area contributed by atoms with Crippen molar-refractivity contribution in [2.75, 3.05) is 6.61 Å². The standard InChI is InChI=1S/C23H26N2O3/c1-4-23(26)28-24-21(14-18-11-7-6-10-17(18)3)20-15-25(16-27-5-2)22-13-9-8-12-19(20)22/h6-13,15H,4-5,14,16H2,1-3H3/b24-21+. The summed E-state index contributed by atoms with van der Waals surface area (Å²) in [6.07, 6.45) is 2.89. The van der Waals surface area contributed by atoms with Crippen LogP contribution in [0.15, 0.2) is 59.9 Å². The molecule has 146 valence electrons. The Morgan fingerprint density at radius 3 is 2.57 bits per heavy atom. The Kier molecular flexibility index (Phi) is 6.61. The van der Waals surface area contributed by atoms with Gasteiger partial charge in [0.1, 0.15) is 6.73 Å². The fourth-order valence-electron chi connectivity index (χ4n) is 3.11. The van der Waals surface area contributed by atoms with Gasteiger partial charge in [-0.05, 0) is 31.0 Å². The quantitative estimate of drug-likeness (QED) is 0.320. The number of aromatic nitrogens is 1. The SMILES string of the molecule is CCOCn1cc(/C(Cc2ccccc2C)=N/OC(=O)CC)c2ccccc21. The number of carbonyl (C=O) groups is 1. The van der Waals surface area contributed by atoms with E-state index < -0.39 is 0 Å². The van der Waals surface area contributed by atoms with E-state index in [-0.39, 0.29) is 12.4 Å². The van der Waals surface area contributed by atoms with E-state index in [2.05, 4.69) is 40.9 Å². The molecule has 5 heteroatoms. The molecule has 0 aliphatic carbocycles. The van der Waals surface area contributed by atoms with Crippen LogP contribution in [-0.2, 0) is 27.5 Å². The van der Waals surface area contributed by atoms with Crippen LogP contribution >= 0.6 is 0 Å². The van der Waals surface area contributed by atoms with E-state index >= 15 is 0 Å². The van der Waals surface area contributed by atoms with E-state index in [0.29, 0.717) is 19.8 Å². The highest BCUT2D eigenvalue weighted by atomic mass is 16.7. The molecule has 0 bridgehead atoms. The lowest BCUT2D eigenvalue weighted by atomic mass is 9.98. The summed E-state index contributed by atoms with van der Waals surface area (Å²) in [7, 11) is 0. The van der Waals surface area contributed by atoms with E-state index in [4.69, 9.17) is 9.57 Å². The van der Waals surface area contributed by atoms with Gasteiger partial charge in [0.15, 0.2) is 0 Å². The van der Waals surface area contributed by atoms with Gasteiger partial charge in [0.2, 0.25) is 0 Å². The summed E-state index contributed by atoms with van der Waals surface area (Å²) in [6.45, 7) is 6.90. The number of nitrogens with zero attached hydrogens (tertiary/aromatic N) is 2. The third-order valence-electron chi connectivity index (χ3n) is 4.70. The molecule has 0 aliphatic rings. The highest BCUT2D eigenvalue weighted by molar-refractivity contribution is 6.11. The Morgan fingerprint density at radius 1 is 1.07 bits per heavy atom. The van der Waals surface area contributed by atoms with Gasteiger partial charge in [-0.3, -0.25) is 0 Å². The highest BCUT2D eigenvalue weighted by Gasteiger charge is 2.16. The van der Waals surface area contributed by atoms with Gasteiger partial charge in [0.25, 0.3) is 0 Å². The molecule has 0 spiro atoms. The van der Waals surface area contributed by atoms with Gasteiger partial charge in [-0.2, -0.15) is 0 Å². The van der Waals surface area contributed by atoms with Crippen LogP contribution in [0.4, 0.5) is 0 Å². The van der Waals surface area contributed by atoms with Crippen molar-refractivity contribution >= 4 is 22.6 Å². The molecular weight excluding hydrogens is 352 g/mol. The van der Waals surface area contributed by atoms with Crippen molar-refractivity contribution in [3.05, 3.63) is 71.4 Å². The van der Waals surface area contributed by atoms with Crippen molar-refractivity contribution in [2.24, 2.45) is 5.16 Å². The molecule has 0 atom stereocenters. The Hall–Kier alpha value is -2.92. The van der Waals surface area contributed by atoms with E-state index in [0.717, 1.165) is 27.7 Å². The van der Waals surface area contributed by atoms with Gasteiger partial charge in [-0.1, -0.05) is 54.5 Å². The molecule has 0 radical (unpaired) electrons. The fraction of sp³-hybridized carbons (Fsp3) is 0.304. The van der Waals surface area contributed by atoms with Gasteiger partial charge in [-0.25, -0.2) is 4.79 Å². The predicted molar refractivity (Wildman–Crippen MR) is 111 cm³/mol. The minimum Gasteiger partial charge on any atom is -0.361 e. The van der Waals surface area contributed by atoms with Gasteiger partial charge in [0.05, 0.1) is 11.2 Å². The molecule has 0 N–H and O–H groups in total. The number of fused-ring (bicyclic) bond motifs is 1. The molecule has 0 saturated heterocycles. The van der Waals surface area contributed by atoms with Crippen LogP contribution in [0.1, 0.15) is 37.0 Å². The van der Waals surface area contributed by atoms with Crippen LogP contribution < -0.4 is 0 Å². The smallest absolute Gasteiger partial charge is 0.334 e. The number of para-hydroxylation sites is 1. The molecule has 28 heavy (non-hydrogen) atoms. The molecule has 0 unspecified atom stereocenters.